The third kappa shape index (κ3) is 3.09. The number of nitrogens with zero attached hydrogens (tertiary/aromatic N) is 3. The van der Waals surface area contributed by atoms with Crippen LogP contribution in [0.1, 0.15) is 18.3 Å². The molecular formula is C16H15ClN4O. The molecule has 0 aliphatic rings. The Balaban J connectivity index is 1.79. The van der Waals surface area contributed by atoms with Gasteiger partial charge in [0.1, 0.15) is 0 Å². The molecule has 1 N–H and O–H groups in total. The Morgan fingerprint density at radius 1 is 1.27 bits per heavy atom. The molecule has 0 saturated carbocycles. The van der Waals surface area contributed by atoms with Gasteiger partial charge in [-0.25, -0.2) is 9.50 Å². The lowest BCUT2D eigenvalue weighted by Crippen LogP contribution is -2.15. The lowest BCUT2D eigenvalue weighted by molar-refractivity contribution is -0.115. The van der Waals surface area contributed by atoms with Crippen molar-refractivity contribution in [3.05, 3.63) is 59.0 Å². The summed E-state index contributed by atoms with van der Waals surface area (Å²) in [5.74, 6) is 0.649. The van der Waals surface area contributed by atoms with Gasteiger partial charge in [0.25, 0.3) is 0 Å². The number of carbonyl (C=O) groups is 1. The van der Waals surface area contributed by atoms with Gasteiger partial charge in [-0.1, -0.05) is 30.7 Å². The van der Waals surface area contributed by atoms with Crippen LogP contribution in [0.15, 0.2) is 42.6 Å². The maximum Gasteiger partial charge on any atom is 0.228 e. The molecule has 2 aromatic heterocycles. The molecule has 1 aromatic carbocycles. The molecule has 6 heteroatoms. The second-order valence-corrected chi connectivity index (χ2v) is 5.36. The van der Waals surface area contributed by atoms with Crippen LogP contribution in [0.3, 0.4) is 0 Å². The van der Waals surface area contributed by atoms with Crippen LogP contribution >= 0.6 is 11.6 Å². The van der Waals surface area contributed by atoms with E-state index in [0.29, 0.717) is 16.4 Å². The Morgan fingerprint density at radius 3 is 2.77 bits per heavy atom. The summed E-state index contributed by atoms with van der Waals surface area (Å²) >= 11 is 5.84. The van der Waals surface area contributed by atoms with E-state index in [1.165, 1.54) is 0 Å². The van der Waals surface area contributed by atoms with Crippen molar-refractivity contribution < 1.29 is 4.79 Å². The van der Waals surface area contributed by atoms with Gasteiger partial charge in [0.15, 0.2) is 11.5 Å². The van der Waals surface area contributed by atoms with Gasteiger partial charge in [0, 0.05) is 17.6 Å². The molecule has 0 unspecified atom stereocenters. The molecule has 3 aromatic rings. The molecule has 0 fully saturated rings. The number of carbonyl (C=O) groups excluding carboxylic acids is 1. The van der Waals surface area contributed by atoms with Crippen molar-refractivity contribution in [1.29, 1.82) is 0 Å². The molecule has 2 heterocycles. The fourth-order valence-electron chi connectivity index (χ4n) is 2.18. The summed E-state index contributed by atoms with van der Waals surface area (Å²) in [6.45, 7) is 1.99. The SMILES string of the molecule is CCc1nc2c(NC(=O)Cc3ccc(Cl)cc3)cccn2n1. The number of hydrogen-bond acceptors (Lipinski definition) is 3. The van der Waals surface area contributed by atoms with Crippen molar-refractivity contribution in [3.63, 3.8) is 0 Å². The Morgan fingerprint density at radius 2 is 2.05 bits per heavy atom. The molecule has 1 amide bonds. The molecule has 5 nitrogen and oxygen atoms in total. The van der Waals surface area contributed by atoms with Crippen LogP contribution in [0.4, 0.5) is 5.69 Å². The first-order valence-corrected chi connectivity index (χ1v) is 7.42. The first-order valence-electron chi connectivity index (χ1n) is 7.04. The normalized spacial score (nSPS) is 10.8. The molecule has 0 aliphatic heterocycles. The standard InChI is InChI=1S/C16H15ClN4O/c1-2-14-19-16-13(4-3-9-21(16)20-14)18-15(22)10-11-5-7-12(17)8-6-11/h3-9H,2,10H2,1H3,(H,18,22). The van der Waals surface area contributed by atoms with Crippen molar-refractivity contribution in [1.82, 2.24) is 14.6 Å². The molecular weight excluding hydrogens is 300 g/mol. The average molecular weight is 315 g/mol. The van der Waals surface area contributed by atoms with Crippen molar-refractivity contribution in [2.45, 2.75) is 19.8 Å². The number of rotatable bonds is 4. The van der Waals surface area contributed by atoms with E-state index in [0.717, 1.165) is 17.8 Å². The van der Waals surface area contributed by atoms with Crippen LogP contribution in [0.25, 0.3) is 5.65 Å². The fourth-order valence-corrected chi connectivity index (χ4v) is 2.31. The summed E-state index contributed by atoms with van der Waals surface area (Å²) in [7, 11) is 0. The minimum atomic E-state index is -0.100. The Kier molecular flexibility index (Phi) is 4.06. The fraction of sp³-hybridized carbons (Fsp3) is 0.188. The molecule has 112 valence electrons. The van der Waals surface area contributed by atoms with Crippen molar-refractivity contribution >= 4 is 28.8 Å². The number of anilines is 1. The lowest BCUT2D eigenvalue weighted by atomic mass is 10.1. The Hall–Kier alpha value is -2.40. The van der Waals surface area contributed by atoms with E-state index in [1.807, 2.05) is 37.4 Å². The molecule has 0 atom stereocenters. The number of aromatic nitrogens is 3. The summed E-state index contributed by atoms with van der Waals surface area (Å²) in [6, 6.07) is 10.9. The predicted octanol–water partition coefficient (Wildman–Crippen LogP) is 3.13. The van der Waals surface area contributed by atoms with E-state index in [9.17, 15) is 4.79 Å². The third-order valence-electron chi connectivity index (χ3n) is 3.27. The van der Waals surface area contributed by atoms with Gasteiger partial charge < -0.3 is 5.32 Å². The Labute approximate surface area is 132 Å². The summed E-state index contributed by atoms with van der Waals surface area (Å²) in [5.41, 5.74) is 2.22. The highest BCUT2D eigenvalue weighted by Crippen LogP contribution is 2.16. The van der Waals surface area contributed by atoms with Gasteiger partial charge in [-0.15, -0.1) is 0 Å². The van der Waals surface area contributed by atoms with Crippen LogP contribution in [0.5, 0.6) is 0 Å². The van der Waals surface area contributed by atoms with Crippen molar-refractivity contribution in [2.24, 2.45) is 0 Å². The summed E-state index contributed by atoms with van der Waals surface area (Å²) in [6.07, 6.45) is 2.85. The van der Waals surface area contributed by atoms with Crippen LogP contribution in [0, 0.1) is 0 Å². The van der Waals surface area contributed by atoms with Gasteiger partial charge in [-0.3, -0.25) is 4.79 Å². The number of hydrogen-bond donors (Lipinski definition) is 1. The first-order chi connectivity index (χ1) is 10.7. The lowest BCUT2D eigenvalue weighted by Gasteiger charge is -2.06. The molecule has 3 rings (SSSR count). The maximum absolute atomic E-state index is 12.2. The predicted molar refractivity (Wildman–Crippen MR) is 86.2 cm³/mol. The van der Waals surface area contributed by atoms with E-state index < -0.39 is 0 Å². The van der Waals surface area contributed by atoms with Gasteiger partial charge in [0.2, 0.25) is 5.91 Å². The maximum atomic E-state index is 12.2. The zero-order chi connectivity index (χ0) is 15.5. The van der Waals surface area contributed by atoms with Crippen LogP contribution < -0.4 is 5.32 Å². The second-order valence-electron chi connectivity index (χ2n) is 4.92. The number of pyridine rings is 1. The minimum absolute atomic E-state index is 0.100. The molecule has 0 bridgehead atoms. The molecule has 0 aliphatic carbocycles. The van der Waals surface area contributed by atoms with E-state index in [-0.39, 0.29) is 12.3 Å². The minimum Gasteiger partial charge on any atom is -0.323 e. The Bertz CT molecular complexity index is 811. The van der Waals surface area contributed by atoms with Gasteiger partial charge in [0.05, 0.1) is 12.1 Å². The van der Waals surface area contributed by atoms with Crippen LogP contribution in [-0.2, 0) is 17.6 Å². The molecule has 22 heavy (non-hydrogen) atoms. The quantitative estimate of drug-likeness (QED) is 0.805. The smallest absolute Gasteiger partial charge is 0.228 e. The topological polar surface area (TPSA) is 59.3 Å². The zero-order valence-electron chi connectivity index (χ0n) is 12.1. The number of nitrogens with one attached hydrogen (secondary N) is 1. The number of fused-ring (bicyclic) bond motifs is 1. The van der Waals surface area contributed by atoms with E-state index in [4.69, 9.17) is 11.6 Å². The number of amides is 1. The summed E-state index contributed by atoms with van der Waals surface area (Å²) in [5, 5.41) is 7.88. The van der Waals surface area contributed by atoms with Crippen LogP contribution in [-0.4, -0.2) is 20.5 Å². The third-order valence-corrected chi connectivity index (χ3v) is 3.53. The summed E-state index contributed by atoms with van der Waals surface area (Å²) in [4.78, 5) is 16.6. The monoisotopic (exact) mass is 314 g/mol. The van der Waals surface area contributed by atoms with Gasteiger partial charge >= 0.3 is 0 Å². The number of benzene rings is 1. The largest absolute Gasteiger partial charge is 0.323 e. The van der Waals surface area contributed by atoms with Crippen LogP contribution in [0.2, 0.25) is 5.02 Å². The molecule has 0 radical (unpaired) electrons. The zero-order valence-corrected chi connectivity index (χ0v) is 12.8. The number of halogens is 1. The van der Waals surface area contributed by atoms with E-state index >= 15 is 0 Å². The second kappa shape index (κ2) is 6.15. The summed E-state index contributed by atoms with van der Waals surface area (Å²) < 4.78 is 1.68. The van der Waals surface area contributed by atoms with Crippen molar-refractivity contribution in [3.8, 4) is 0 Å². The first kappa shape index (κ1) is 14.5. The van der Waals surface area contributed by atoms with Crippen molar-refractivity contribution in [2.75, 3.05) is 5.32 Å². The van der Waals surface area contributed by atoms with Gasteiger partial charge in [-0.05, 0) is 29.8 Å². The number of aryl methyl sites for hydroxylation is 1. The highest BCUT2D eigenvalue weighted by Gasteiger charge is 2.10. The average Bonchev–Trinajstić information content (AvgIpc) is 2.94. The van der Waals surface area contributed by atoms with E-state index in [1.54, 1.807) is 16.6 Å². The van der Waals surface area contributed by atoms with E-state index in [2.05, 4.69) is 15.4 Å². The van der Waals surface area contributed by atoms with Gasteiger partial charge in [-0.2, -0.15) is 5.10 Å². The molecule has 0 saturated heterocycles. The molecule has 0 spiro atoms. The highest BCUT2D eigenvalue weighted by molar-refractivity contribution is 6.30. The highest BCUT2D eigenvalue weighted by atomic mass is 35.5.